The van der Waals surface area contributed by atoms with Crippen LogP contribution < -0.4 is 5.32 Å². The third-order valence-corrected chi connectivity index (χ3v) is 5.35. The van der Waals surface area contributed by atoms with E-state index in [0.29, 0.717) is 22.4 Å². The number of hydrogen-bond acceptors (Lipinski definition) is 4. The first-order chi connectivity index (χ1) is 9.22. The number of carbonyl (C=O) groups excluding carboxylic acids is 1. The van der Waals surface area contributed by atoms with Gasteiger partial charge in [0.05, 0.1) is 17.7 Å². The van der Waals surface area contributed by atoms with Crippen LogP contribution in [0.3, 0.4) is 0 Å². The van der Waals surface area contributed by atoms with E-state index in [1.54, 1.807) is 13.2 Å². The van der Waals surface area contributed by atoms with Crippen LogP contribution in [0.25, 0.3) is 0 Å². The highest BCUT2D eigenvalue weighted by atomic mass is 35.5. The molecule has 1 aliphatic carbocycles. The van der Waals surface area contributed by atoms with Crippen LogP contribution in [0.5, 0.6) is 0 Å². The summed E-state index contributed by atoms with van der Waals surface area (Å²) in [6.45, 7) is 1.39. The van der Waals surface area contributed by atoms with Crippen molar-refractivity contribution in [2.24, 2.45) is 11.8 Å². The minimum Gasteiger partial charge on any atom is -0.384 e. The van der Waals surface area contributed by atoms with Crippen LogP contribution >= 0.6 is 22.9 Å². The fourth-order valence-corrected chi connectivity index (χ4v) is 4.15. The summed E-state index contributed by atoms with van der Waals surface area (Å²) in [6.07, 6.45) is 1.25. The molecule has 1 aliphatic heterocycles. The highest BCUT2D eigenvalue weighted by Gasteiger charge is 2.54. The number of halogens is 1. The molecular formula is C13H16ClNO3S. The van der Waals surface area contributed by atoms with Crippen molar-refractivity contribution in [2.75, 3.05) is 20.3 Å². The molecule has 2 fully saturated rings. The molecule has 4 atom stereocenters. The maximum atomic E-state index is 12.2. The Hall–Kier alpha value is -0.620. The van der Waals surface area contributed by atoms with Crippen molar-refractivity contribution in [1.29, 1.82) is 0 Å². The number of ether oxygens (including phenoxy) is 2. The molecule has 1 saturated heterocycles. The number of carbonyl (C=O) groups is 1. The zero-order chi connectivity index (χ0) is 13.4. The van der Waals surface area contributed by atoms with Crippen LogP contribution in [-0.4, -0.2) is 38.4 Å². The molecule has 1 aromatic rings. The van der Waals surface area contributed by atoms with Crippen LogP contribution in [0.15, 0.2) is 11.4 Å². The van der Waals surface area contributed by atoms with Crippen molar-refractivity contribution < 1.29 is 14.3 Å². The second-order valence-corrected chi connectivity index (χ2v) is 6.33. The normalized spacial score (nSPS) is 32.7. The van der Waals surface area contributed by atoms with Gasteiger partial charge in [0, 0.05) is 31.6 Å². The summed E-state index contributed by atoms with van der Waals surface area (Å²) in [5.74, 6) is 0.583. The molecule has 0 spiro atoms. The van der Waals surface area contributed by atoms with Crippen LogP contribution in [0.1, 0.15) is 16.1 Å². The molecule has 1 aromatic heterocycles. The molecule has 1 saturated carbocycles. The topological polar surface area (TPSA) is 47.6 Å². The van der Waals surface area contributed by atoms with Gasteiger partial charge in [-0.1, -0.05) is 11.6 Å². The molecule has 0 unspecified atom stereocenters. The summed E-state index contributed by atoms with van der Waals surface area (Å²) >= 11 is 7.36. The average Bonchev–Trinajstić information content (AvgIpc) is 2.99. The van der Waals surface area contributed by atoms with Gasteiger partial charge in [-0.15, -0.1) is 11.3 Å². The molecule has 4 nitrogen and oxygen atoms in total. The number of rotatable bonds is 4. The largest absolute Gasteiger partial charge is 0.384 e. The van der Waals surface area contributed by atoms with Crippen LogP contribution in [-0.2, 0) is 9.47 Å². The Bertz CT molecular complexity index is 478. The van der Waals surface area contributed by atoms with Gasteiger partial charge in [0.15, 0.2) is 0 Å². The van der Waals surface area contributed by atoms with E-state index in [2.05, 4.69) is 5.32 Å². The number of amides is 1. The first-order valence-corrected chi connectivity index (χ1v) is 7.62. The standard InChI is InChI=1S/C13H16ClNO3S/c1-17-6-8-10(7-2-4-18-11(7)8)15-13(16)12-9(14)3-5-19-12/h3,5,7-8,10-11H,2,4,6H2,1H3,(H,15,16)/t7-,8+,10-,11-/m1/s1. The van der Waals surface area contributed by atoms with E-state index in [4.69, 9.17) is 21.1 Å². The van der Waals surface area contributed by atoms with E-state index < -0.39 is 0 Å². The number of hydrogen-bond donors (Lipinski definition) is 1. The van der Waals surface area contributed by atoms with E-state index in [1.165, 1.54) is 11.3 Å². The Morgan fingerprint density at radius 1 is 1.68 bits per heavy atom. The fraction of sp³-hybridized carbons (Fsp3) is 0.615. The van der Waals surface area contributed by atoms with Gasteiger partial charge in [-0.3, -0.25) is 4.79 Å². The van der Waals surface area contributed by atoms with Gasteiger partial charge in [0.25, 0.3) is 5.91 Å². The minimum absolute atomic E-state index is 0.0866. The molecule has 0 bridgehead atoms. The first-order valence-electron chi connectivity index (χ1n) is 6.36. The summed E-state index contributed by atoms with van der Waals surface area (Å²) in [7, 11) is 1.68. The van der Waals surface area contributed by atoms with Crippen LogP contribution in [0.4, 0.5) is 0 Å². The molecule has 2 aliphatic rings. The van der Waals surface area contributed by atoms with Gasteiger partial charge < -0.3 is 14.8 Å². The van der Waals surface area contributed by atoms with Gasteiger partial charge in [-0.05, 0) is 17.9 Å². The molecule has 19 heavy (non-hydrogen) atoms. The Labute approximate surface area is 121 Å². The molecule has 1 amide bonds. The summed E-state index contributed by atoms with van der Waals surface area (Å²) in [4.78, 5) is 12.8. The molecule has 1 N–H and O–H groups in total. The monoisotopic (exact) mass is 301 g/mol. The zero-order valence-electron chi connectivity index (χ0n) is 10.6. The summed E-state index contributed by atoms with van der Waals surface area (Å²) in [5, 5.41) is 5.44. The Kier molecular flexibility index (Phi) is 3.80. The van der Waals surface area contributed by atoms with Crippen molar-refractivity contribution in [3.63, 3.8) is 0 Å². The van der Waals surface area contributed by atoms with Crippen LogP contribution in [0.2, 0.25) is 5.02 Å². The molecular weight excluding hydrogens is 286 g/mol. The highest BCUT2D eigenvalue weighted by Crippen LogP contribution is 2.44. The lowest BCUT2D eigenvalue weighted by Crippen LogP contribution is -2.62. The van der Waals surface area contributed by atoms with E-state index in [9.17, 15) is 4.79 Å². The predicted molar refractivity (Wildman–Crippen MR) is 73.8 cm³/mol. The SMILES string of the molecule is COC[C@H]1[C@H](NC(=O)c2sccc2Cl)[C@H]2CCO[C@H]21. The van der Waals surface area contributed by atoms with E-state index in [1.807, 2.05) is 5.38 Å². The van der Waals surface area contributed by atoms with Crippen molar-refractivity contribution in [3.8, 4) is 0 Å². The summed E-state index contributed by atoms with van der Waals surface area (Å²) in [5.41, 5.74) is 0. The number of nitrogens with one attached hydrogen (secondary N) is 1. The second kappa shape index (κ2) is 5.40. The Morgan fingerprint density at radius 2 is 2.53 bits per heavy atom. The van der Waals surface area contributed by atoms with Crippen molar-refractivity contribution in [2.45, 2.75) is 18.6 Å². The lowest BCUT2D eigenvalue weighted by atomic mass is 9.67. The Morgan fingerprint density at radius 3 is 3.21 bits per heavy atom. The van der Waals surface area contributed by atoms with Gasteiger partial charge in [-0.25, -0.2) is 0 Å². The van der Waals surface area contributed by atoms with Gasteiger partial charge in [-0.2, -0.15) is 0 Å². The zero-order valence-corrected chi connectivity index (χ0v) is 12.2. The maximum absolute atomic E-state index is 12.2. The average molecular weight is 302 g/mol. The van der Waals surface area contributed by atoms with Gasteiger partial charge >= 0.3 is 0 Å². The minimum atomic E-state index is -0.0866. The molecule has 3 rings (SSSR count). The highest BCUT2D eigenvalue weighted by molar-refractivity contribution is 7.12. The Balaban J connectivity index is 1.68. The first kappa shape index (κ1) is 13.4. The maximum Gasteiger partial charge on any atom is 0.263 e. The predicted octanol–water partition coefficient (Wildman–Crippen LogP) is 2.18. The van der Waals surface area contributed by atoms with E-state index >= 15 is 0 Å². The third kappa shape index (κ3) is 2.29. The number of methoxy groups -OCH3 is 1. The number of fused-ring (bicyclic) bond motifs is 1. The molecule has 104 valence electrons. The lowest BCUT2D eigenvalue weighted by Gasteiger charge is -2.47. The van der Waals surface area contributed by atoms with Crippen molar-refractivity contribution in [1.82, 2.24) is 5.32 Å². The van der Waals surface area contributed by atoms with Crippen molar-refractivity contribution >= 4 is 28.8 Å². The quantitative estimate of drug-likeness (QED) is 0.927. The van der Waals surface area contributed by atoms with E-state index in [0.717, 1.165) is 13.0 Å². The molecule has 6 heteroatoms. The van der Waals surface area contributed by atoms with Gasteiger partial charge in [0.1, 0.15) is 4.88 Å². The second-order valence-electron chi connectivity index (χ2n) is 5.00. The molecule has 0 aromatic carbocycles. The van der Waals surface area contributed by atoms with Crippen LogP contribution in [0, 0.1) is 11.8 Å². The fourth-order valence-electron chi connectivity index (χ4n) is 3.11. The van der Waals surface area contributed by atoms with E-state index in [-0.39, 0.29) is 24.0 Å². The number of thiophene rings is 1. The molecule has 2 heterocycles. The molecule has 0 radical (unpaired) electrons. The summed E-state index contributed by atoms with van der Waals surface area (Å²) < 4.78 is 10.9. The summed E-state index contributed by atoms with van der Waals surface area (Å²) in [6, 6.07) is 1.88. The third-order valence-electron chi connectivity index (χ3n) is 4.01. The van der Waals surface area contributed by atoms with Gasteiger partial charge in [0.2, 0.25) is 0 Å². The van der Waals surface area contributed by atoms with Crippen molar-refractivity contribution in [3.05, 3.63) is 21.3 Å². The lowest BCUT2D eigenvalue weighted by molar-refractivity contribution is -0.0809. The smallest absolute Gasteiger partial charge is 0.263 e.